The number of carbonyl (C=O) groups is 2. The number of nitrogens with zero attached hydrogens (tertiary/aromatic N) is 1. The van der Waals surface area contributed by atoms with Gasteiger partial charge in [-0.25, -0.2) is 0 Å². The zero-order valence-electron chi connectivity index (χ0n) is 14.5. The average molecular weight is 336 g/mol. The van der Waals surface area contributed by atoms with Gasteiger partial charge in [0.25, 0.3) is 11.8 Å². The first-order valence-electron chi connectivity index (χ1n) is 8.14. The molecule has 3 rings (SSSR count). The first-order valence-corrected chi connectivity index (χ1v) is 8.14. The lowest BCUT2D eigenvalue weighted by Crippen LogP contribution is -2.32. The van der Waals surface area contributed by atoms with Gasteiger partial charge in [-0.2, -0.15) is 0 Å². The van der Waals surface area contributed by atoms with Crippen LogP contribution in [0, 0.1) is 6.92 Å². The van der Waals surface area contributed by atoms with Crippen molar-refractivity contribution in [3.63, 3.8) is 0 Å². The number of aryl methyl sites for hydroxylation is 1. The summed E-state index contributed by atoms with van der Waals surface area (Å²) in [5, 5.41) is 3.11. The molecule has 0 unspecified atom stereocenters. The minimum absolute atomic E-state index is 0.278. The maximum absolute atomic E-state index is 12.8. The summed E-state index contributed by atoms with van der Waals surface area (Å²) < 4.78 is 5.33. The van der Waals surface area contributed by atoms with Crippen molar-refractivity contribution < 1.29 is 14.3 Å². The summed E-state index contributed by atoms with van der Waals surface area (Å²) in [7, 11) is 1.57. The number of imide groups is 1. The molecule has 1 heterocycles. The number of ether oxygens (including phenoxy) is 1. The SMILES string of the molecule is CCN1C(=O)C(Nc2ccccc2OC)=C(c2ccc(C)cc2)C1=O. The monoisotopic (exact) mass is 336 g/mol. The van der Waals surface area contributed by atoms with Gasteiger partial charge in [0.15, 0.2) is 0 Å². The molecule has 0 bridgehead atoms. The molecule has 128 valence electrons. The third-order valence-corrected chi connectivity index (χ3v) is 4.19. The first kappa shape index (κ1) is 16.8. The van der Waals surface area contributed by atoms with Crippen molar-refractivity contribution in [1.82, 2.24) is 4.90 Å². The summed E-state index contributed by atoms with van der Waals surface area (Å²) in [4.78, 5) is 26.8. The topological polar surface area (TPSA) is 58.6 Å². The normalized spacial score (nSPS) is 14.3. The molecule has 5 nitrogen and oxygen atoms in total. The molecule has 0 saturated carbocycles. The predicted molar refractivity (Wildman–Crippen MR) is 97.1 cm³/mol. The van der Waals surface area contributed by atoms with E-state index < -0.39 is 0 Å². The summed E-state index contributed by atoms with van der Waals surface area (Å²) in [6.45, 7) is 4.09. The third-order valence-electron chi connectivity index (χ3n) is 4.19. The van der Waals surface area contributed by atoms with Gasteiger partial charge in [0, 0.05) is 6.54 Å². The number of hydrogen-bond acceptors (Lipinski definition) is 4. The lowest BCUT2D eigenvalue weighted by atomic mass is 10.0. The highest BCUT2D eigenvalue weighted by Crippen LogP contribution is 2.33. The van der Waals surface area contributed by atoms with E-state index in [-0.39, 0.29) is 17.5 Å². The first-order chi connectivity index (χ1) is 12.1. The van der Waals surface area contributed by atoms with Gasteiger partial charge in [0.2, 0.25) is 0 Å². The van der Waals surface area contributed by atoms with E-state index in [2.05, 4.69) is 5.32 Å². The van der Waals surface area contributed by atoms with Gasteiger partial charge in [-0.3, -0.25) is 14.5 Å². The molecule has 2 aromatic rings. The van der Waals surface area contributed by atoms with E-state index in [1.165, 1.54) is 4.90 Å². The molecule has 0 radical (unpaired) electrons. The van der Waals surface area contributed by atoms with Crippen LogP contribution in [-0.2, 0) is 9.59 Å². The van der Waals surface area contributed by atoms with E-state index in [1.54, 1.807) is 20.1 Å². The highest BCUT2D eigenvalue weighted by atomic mass is 16.5. The van der Waals surface area contributed by atoms with E-state index >= 15 is 0 Å². The van der Waals surface area contributed by atoms with Crippen LogP contribution in [0.5, 0.6) is 5.75 Å². The summed E-state index contributed by atoms with van der Waals surface area (Å²) in [6.07, 6.45) is 0. The maximum atomic E-state index is 12.8. The van der Waals surface area contributed by atoms with Crippen LogP contribution in [-0.4, -0.2) is 30.4 Å². The molecule has 25 heavy (non-hydrogen) atoms. The smallest absolute Gasteiger partial charge is 0.278 e. The van der Waals surface area contributed by atoms with Crippen LogP contribution in [0.4, 0.5) is 5.69 Å². The molecule has 5 heteroatoms. The fourth-order valence-corrected chi connectivity index (χ4v) is 2.85. The van der Waals surface area contributed by atoms with Crippen molar-refractivity contribution in [3.05, 3.63) is 65.4 Å². The predicted octanol–water partition coefficient (Wildman–Crippen LogP) is 3.22. The quantitative estimate of drug-likeness (QED) is 0.852. The van der Waals surface area contributed by atoms with Gasteiger partial charge < -0.3 is 10.1 Å². The lowest BCUT2D eigenvalue weighted by Gasteiger charge is -2.13. The minimum atomic E-state index is -0.325. The highest BCUT2D eigenvalue weighted by Gasteiger charge is 2.38. The maximum Gasteiger partial charge on any atom is 0.278 e. The van der Waals surface area contributed by atoms with Gasteiger partial charge in [-0.1, -0.05) is 42.0 Å². The van der Waals surface area contributed by atoms with Crippen LogP contribution in [0.3, 0.4) is 0 Å². The number of rotatable bonds is 5. The van der Waals surface area contributed by atoms with Crippen LogP contribution in [0.1, 0.15) is 18.1 Å². The molecule has 0 saturated heterocycles. The Bertz CT molecular complexity index is 853. The Morgan fingerprint density at radius 3 is 2.32 bits per heavy atom. The Morgan fingerprint density at radius 1 is 1.00 bits per heavy atom. The van der Waals surface area contributed by atoms with Crippen LogP contribution in [0.15, 0.2) is 54.2 Å². The highest BCUT2D eigenvalue weighted by molar-refractivity contribution is 6.36. The number of hydrogen-bond donors (Lipinski definition) is 1. The molecule has 1 aliphatic rings. The van der Waals surface area contributed by atoms with Crippen molar-refractivity contribution in [2.24, 2.45) is 0 Å². The van der Waals surface area contributed by atoms with Crippen LogP contribution in [0.25, 0.3) is 5.57 Å². The number of carbonyl (C=O) groups excluding carboxylic acids is 2. The molecular formula is C20H20N2O3. The summed E-state index contributed by atoms with van der Waals surface area (Å²) >= 11 is 0. The zero-order chi connectivity index (χ0) is 18.0. The van der Waals surface area contributed by atoms with E-state index in [4.69, 9.17) is 4.74 Å². The number of para-hydroxylation sites is 2. The van der Waals surface area contributed by atoms with Gasteiger partial charge >= 0.3 is 0 Å². The number of likely N-dealkylation sites (N-methyl/N-ethyl adjacent to an activating group) is 1. The second-order valence-corrected chi connectivity index (χ2v) is 5.80. The molecule has 2 aromatic carbocycles. The van der Waals surface area contributed by atoms with E-state index in [9.17, 15) is 9.59 Å². The third kappa shape index (κ3) is 3.01. The summed E-state index contributed by atoms with van der Waals surface area (Å²) in [6, 6.07) is 14.9. The molecule has 0 spiro atoms. The molecule has 1 N–H and O–H groups in total. The number of benzene rings is 2. The summed E-state index contributed by atoms with van der Waals surface area (Å²) in [5.41, 5.74) is 3.12. The van der Waals surface area contributed by atoms with Crippen molar-refractivity contribution in [2.45, 2.75) is 13.8 Å². The Morgan fingerprint density at radius 2 is 1.68 bits per heavy atom. The second-order valence-electron chi connectivity index (χ2n) is 5.80. The van der Waals surface area contributed by atoms with Crippen LogP contribution < -0.4 is 10.1 Å². The Kier molecular flexibility index (Phi) is 4.57. The van der Waals surface area contributed by atoms with E-state index in [1.807, 2.05) is 49.4 Å². The fourth-order valence-electron chi connectivity index (χ4n) is 2.85. The molecule has 1 aliphatic heterocycles. The Balaban J connectivity index is 2.11. The van der Waals surface area contributed by atoms with E-state index in [0.29, 0.717) is 23.6 Å². The van der Waals surface area contributed by atoms with Gasteiger partial charge in [-0.05, 0) is 31.5 Å². The van der Waals surface area contributed by atoms with Gasteiger partial charge in [0.1, 0.15) is 11.4 Å². The lowest BCUT2D eigenvalue weighted by molar-refractivity contribution is -0.136. The minimum Gasteiger partial charge on any atom is -0.495 e. The molecule has 2 amide bonds. The Labute approximate surface area is 146 Å². The van der Waals surface area contributed by atoms with E-state index in [0.717, 1.165) is 11.1 Å². The van der Waals surface area contributed by atoms with Crippen molar-refractivity contribution in [3.8, 4) is 5.75 Å². The summed E-state index contributed by atoms with van der Waals surface area (Å²) in [5.74, 6) is -0.00353. The number of anilines is 1. The van der Waals surface area contributed by atoms with Gasteiger partial charge in [0.05, 0.1) is 18.4 Å². The molecule has 0 aromatic heterocycles. The zero-order valence-corrected chi connectivity index (χ0v) is 14.5. The molecule has 0 fully saturated rings. The van der Waals surface area contributed by atoms with Crippen molar-refractivity contribution in [1.29, 1.82) is 0 Å². The molecule has 0 aliphatic carbocycles. The van der Waals surface area contributed by atoms with Crippen molar-refractivity contribution in [2.75, 3.05) is 19.0 Å². The van der Waals surface area contributed by atoms with Crippen LogP contribution >= 0.6 is 0 Å². The standard InChI is InChI=1S/C20H20N2O3/c1-4-22-19(23)17(14-11-9-13(2)10-12-14)18(20(22)24)21-15-7-5-6-8-16(15)25-3/h5-12,21H,4H2,1-3H3. The number of methoxy groups -OCH3 is 1. The fraction of sp³-hybridized carbons (Fsp3) is 0.200. The van der Waals surface area contributed by atoms with Gasteiger partial charge in [-0.15, -0.1) is 0 Å². The molecule has 0 atom stereocenters. The van der Waals surface area contributed by atoms with Crippen molar-refractivity contribution >= 4 is 23.1 Å². The average Bonchev–Trinajstić information content (AvgIpc) is 2.86. The molecular weight excluding hydrogens is 316 g/mol. The number of amides is 2. The number of nitrogens with one attached hydrogen (secondary N) is 1. The second kappa shape index (κ2) is 6.81. The Hall–Kier alpha value is -3.08. The largest absolute Gasteiger partial charge is 0.495 e. The van der Waals surface area contributed by atoms with Crippen LogP contribution in [0.2, 0.25) is 0 Å².